The van der Waals surface area contributed by atoms with E-state index in [9.17, 15) is 0 Å². The van der Waals surface area contributed by atoms with Crippen LogP contribution in [-0.2, 0) is 0 Å². The van der Waals surface area contributed by atoms with E-state index in [0.717, 1.165) is 48.0 Å². The molecule has 0 bridgehead atoms. The smallest absolute Gasteiger partial charge is 0.0616 e. The van der Waals surface area contributed by atoms with Gasteiger partial charge in [-0.05, 0) is 65.0 Å². The van der Waals surface area contributed by atoms with Gasteiger partial charge in [-0.25, -0.2) is 0 Å². The molecule has 0 aromatic carbocycles. The van der Waals surface area contributed by atoms with Crippen LogP contribution in [0.4, 0.5) is 0 Å². The lowest BCUT2D eigenvalue weighted by Crippen LogP contribution is -1.92. The second-order valence-electron chi connectivity index (χ2n) is 6.87. The van der Waals surface area contributed by atoms with E-state index < -0.39 is 0 Å². The Morgan fingerprint density at radius 1 is 0.794 bits per heavy atom. The van der Waals surface area contributed by atoms with Crippen molar-refractivity contribution in [2.75, 3.05) is 0 Å². The Labute approximate surface area is 214 Å². The predicted octanol–water partition coefficient (Wildman–Crippen LogP) is 8.83. The van der Waals surface area contributed by atoms with Crippen molar-refractivity contribution in [1.82, 2.24) is 0 Å². The standard InChI is InChI=1S/C10H12.C9H12.C8H10.C5H8.CH3B/c1-4-5-10-8(2)6-7-9(10)3;1-5-7-9(4)8(3)6-2;1-5-6-8(4)7(2)3;1-3-5-4-2;1-2/h10H,2-3,6-7H2,1H3;3-4,6H2,1-2H3;2,4H2,1,3H3;3H2,1-2H3;1H3. The van der Waals surface area contributed by atoms with Gasteiger partial charge >= 0.3 is 0 Å². The van der Waals surface area contributed by atoms with E-state index in [2.05, 4.69) is 94.7 Å². The first-order valence-corrected chi connectivity index (χ1v) is 11.4. The summed E-state index contributed by atoms with van der Waals surface area (Å²) < 4.78 is 0. The highest BCUT2D eigenvalue weighted by Gasteiger charge is 2.20. The minimum absolute atomic E-state index is 0.296. The van der Waals surface area contributed by atoms with Crippen LogP contribution in [-0.4, -0.2) is 7.85 Å². The summed E-state index contributed by atoms with van der Waals surface area (Å²) in [6.45, 7) is 37.5. The van der Waals surface area contributed by atoms with Gasteiger partial charge in [-0.1, -0.05) is 89.1 Å². The molecule has 1 fully saturated rings. The van der Waals surface area contributed by atoms with Gasteiger partial charge in [0.2, 0.25) is 0 Å². The quantitative estimate of drug-likeness (QED) is 0.174. The summed E-state index contributed by atoms with van der Waals surface area (Å²) in [5, 5.41) is 0. The molecule has 1 aliphatic rings. The van der Waals surface area contributed by atoms with Crippen LogP contribution in [0.2, 0.25) is 6.82 Å². The highest BCUT2D eigenvalue weighted by Crippen LogP contribution is 2.32. The van der Waals surface area contributed by atoms with Crippen LogP contribution in [0, 0.1) is 53.3 Å². The minimum atomic E-state index is 0.296. The molecule has 0 unspecified atom stereocenters. The summed E-state index contributed by atoms with van der Waals surface area (Å²) >= 11 is 0. The number of rotatable bonds is 3. The molecule has 0 spiro atoms. The molecule has 1 heteroatoms. The fourth-order valence-corrected chi connectivity index (χ4v) is 2.13. The van der Waals surface area contributed by atoms with Gasteiger partial charge in [0, 0.05) is 17.6 Å². The first-order chi connectivity index (χ1) is 16.1. The van der Waals surface area contributed by atoms with Gasteiger partial charge in [-0.15, -0.1) is 29.6 Å². The van der Waals surface area contributed by atoms with E-state index in [4.69, 9.17) is 0 Å². The largest absolute Gasteiger partial charge is 0.107 e. The number of hydrogen-bond acceptors (Lipinski definition) is 0. The third kappa shape index (κ3) is 23.4. The Balaban J connectivity index is -0.000000176. The van der Waals surface area contributed by atoms with E-state index in [1.165, 1.54) is 18.0 Å². The highest BCUT2D eigenvalue weighted by molar-refractivity contribution is 6.05. The lowest BCUT2D eigenvalue weighted by atomic mass is 10.0. The topological polar surface area (TPSA) is 0 Å². The maximum atomic E-state index is 4.50. The third-order valence-electron chi connectivity index (χ3n) is 4.15. The minimum Gasteiger partial charge on any atom is -0.107 e. The fourth-order valence-electron chi connectivity index (χ4n) is 2.13. The van der Waals surface area contributed by atoms with Crippen molar-refractivity contribution < 1.29 is 0 Å². The molecule has 34 heavy (non-hydrogen) atoms. The molecule has 0 aromatic rings. The van der Waals surface area contributed by atoms with Gasteiger partial charge in [0.05, 0.1) is 13.8 Å². The van der Waals surface area contributed by atoms with Gasteiger partial charge in [0.15, 0.2) is 0 Å². The highest BCUT2D eigenvalue weighted by atomic mass is 14.2. The second-order valence-corrected chi connectivity index (χ2v) is 6.87. The summed E-state index contributed by atoms with van der Waals surface area (Å²) in [7, 11) is 4.50. The maximum absolute atomic E-state index is 4.50. The summed E-state index contributed by atoms with van der Waals surface area (Å²) in [4.78, 5) is 0. The monoisotopic (exact) mass is 452 g/mol. The average molecular weight is 453 g/mol. The van der Waals surface area contributed by atoms with Crippen molar-refractivity contribution in [2.24, 2.45) is 5.92 Å². The van der Waals surface area contributed by atoms with Crippen LogP contribution in [0.3, 0.4) is 0 Å². The van der Waals surface area contributed by atoms with Gasteiger partial charge in [0.1, 0.15) is 0 Å². The summed E-state index contributed by atoms with van der Waals surface area (Å²) in [6, 6.07) is 0. The van der Waals surface area contributed by atoms with Crippen molar-refractivity contribution in [3.8, 4) is 47.4 Å². The Morgan fingerprint density at radius 2 is 1.24 bits per heavy atom. The fraction of sp³-hybridized carbons (Fsp3) is 0.394. The molecule has 0 amide bonds. The molecule has 0 nitrogen and oxygen atoms in total. The van der Waals surface area contributed by atoms with Crippen LogP contribution < -0.4 is 0 Å². The van der Waals surface area contributed by atoms with Crippen molar-refractivity contribution in [2.45, 2.75) is 81.0 Å². The van der Waals surface area contributed by atoms with Crippen LogP contribution >= 0.6 is 0 Å². The normalized spacial score (nSPS) is 10.0. The zero-order valence-electron chi connectivity index (χ0n) is 23.2. The molecule has 1 rings (SSSR count). The Hall–Kier alpha value is -3.26. The molecule has 0 aromatic heterocycles. The predicted molar refractivity (Wildman–Crippen MR) is 159 cm³/mol. The van der Waals surface area contributed by atoms with E-state index in [-0.39, 0.29) is 0 Å². The van der Waals surface area contributed by atoms with E-state index >= 15 is 0 Å². The van der Waals surface area contributed by atoms with Gasteiger partial charge in [-0.2, -0.15) is 0 Å². The SMILES string of the molecule is C=C(C#CC)C(=C)CC.C=C(C)C(=C)C#CC.C=C1CCC(=C)C1C#CC.CC#CCC.[B]C. The maximum Gasteiger partial charge on any atom is 0.0616 e. The Morgan fingerprint density at radius 3 is 1.47 bits per heavy atom. The summed E-state index contributed by atoms with van der Waals surface area (Å²) in [6.07, 6.45) is 4.08. The summed E-state index contributed by atoms with van der Waals surface area (Å²) in [5.41, 5.74) is 6.13. The lowest BCUT2D eigenvalue weighted by molar-refractivity contribution is 1.01. The average Bonchev–Trinajstić information content (AvgIpc) is 3.14. The lowest BCUT2D eigenvalue weighted by Gasteiger charge is -2.01. The summed E-state index contributed by atoms with van der Waals surface area (Å²) in [5.74, 6) is 23.1. The van der Waals surface area contributed by atoms with Crippen molar-refractivity contribution >= 4 is 7.85 Å². The zero-order valence-corrected chi connectivity index (χ0v) is 23.2. The molecule has 0 atom stereocenters. The van der Waals surface area contributed by atoms with Crippen LogP contribution in [0.1, 0.15) is 74.1 Å². The van der Waals surface area contributed by atoms with Gasteiger partial charge in [0.25, 0.3) is 0 Å². The van der Waals surface area contributed by atoms with Crippen molar-refractivity contribution in [1.29, 1.82) is 0 Å². The molecular weight excluding hydrogens is 407 g/mol. The van der Waals surface area contributed by atoms with Crippen molar-refractivity contribution in [3.05, 3.63) is 72.9 Å². The van der Waals surface area contributed by atoms with Crippen LogP contribution in [0.25, 0.3) is 0 Å². The van der Waals surface area contributed by atoms with Crippen molar-refractivity contribution in [3.63, 3.8) is 0 Å². The van der Waals surface area contributed by atoms with Gasteiger partial charge in [-0.3, -0.25) is 0 Å². The van der Waals surface area contributed by atoms with E-state index in [1.807, 2.05) is 34.6 Å². The first kappa shape index (κ1) is 38.0. The first-order valence-electron chi connectivity index (χ1n) is 11.4. The Bertz CT molecular complexity index is 905. The number of hydrogen-bond donors (Lipinski definition) is 0. The number of allylic oxidation sites excluding steroid dienone is 6. The molecule has 0 saturated heterocycles. The van der Waals surface area contributed by atoms with E-state index in [1.54, 1.807) is 13.8 Å². The molecule has 0 N–H and O–H groups in total. The molecule has 0 heterocycles. The van der Waals surface area contributed by atoms with Gasteiger partial charge < -0.3 is 0 Å². The molecule has 180 valence electrons. The molecular formula is C33H45B. The third-order valence-corrected chi connectivity index (χ3v) is 4.15. The van der Waals surface area contributed by atoms with Crippen LogP contribution in [0.5, 0.6) is 0 Å². The van der Waals surface area contributed by atoms with Crippen LogP contribution in [0.15, 0.2) is 72.9 Å². The molecule has 0 aliphatic heterocycles. The second kappa shape index (κ2) is 27.8. The Kier molecular flexibility index (Phi) is 31.1. The molecule has 2 radical (unpaired) electrons. The zero-order chi connectivity index (χ0) is 27.5. The molecule has 1 saturated carbocycles. The van der Waals surface area contributed by atoms with E-state index in [0.29, 0.717) is 5.92 Å². The molecule has 1 aliphatic carbocycles.